The fourth-order valence-corrected chi connectivity index (χ4v) is 3.80. The van der Waals surface area contributed by atoms with Crippen LogP contribution in [0, 0.1) is 31.0 Å². The number of nitrogens with zero attached hydrogens (tertiary/aromatic N) is 2. The van der Waals surface area contributed by atoms with Gasteiger partial charge in [-0.3, -0.25) is 14.5 Å². The zero-order valence-electron chi connectivity index (χ0n) is 17.5. The number of aliphatic hydroxyl groups is 1. The Labute approximate surface area is 184 Å². The molecule has 0 aromatic heterocycles. The number of aryl methyl sites for hydroxylation is 2. The first-order valence-electron chi connectivity index (χ1n) is 9.96. The van der Waals surface area contributed by atoms with Crippen molar-refractivity contribution in [1.82, 2.24) is 0 Å². The van der Waals surface area contributed by atoms with Gasteiger partial charge in [0.05, 0.1) is 23.2 Å². The van der Waals surface area contributed by atoms with Crippen LogP contribution in [-0.4, -0.2) is 16.8 Å². The number of rotatable bonds is 3. The molecule has 0 bridgehead atoms. The maximum absolute atomic E-state index is 13.6. The molecule has 3 aromatic carbocycles. The number of carbonyl (C=O) groups excluding carboxylic acids is 2. The zero-order chi connectivity index (χ0) is 23.0. The summed E-state index contributed by atoms with van der Waals surface area (Å²) in [5, 5.41) is 20.2. The van der Waals surface area contributed by atoms with Crippen molar-refractivity contribution >= 4 is 23.1 Å². The van der Waals surface area contributed by atoms with Gasteiger partial charge in [0, 0.05) is 11.3 Å². The number of Topliss-reactive ketones (excluding diaryl/α,β-unsaturated/α-hetero) is 1. The minimum atomic E-state index is -0.954. The van der Waals surface area contributed by atoms with Crippen molar-refractivity contribution in [3.63, 3.8) is 0 Å². The first-order chi connectivity index (χ1) is 15.3. The summed E-state index contributed by atoms with van der Waals surface area (Å²) in [4.78, 5) is 27.4. The Kier molecular flexibility index (Phi) is 5.33. The summed E-state index contributed by atoms with van der Waals surface area (Å²) in [7, 11) is 0. The molecule has 1 aliphatic rings. The summed E-state index contributed by atoms with van der Waals surface area (Å²) in [5.74, 6) is -2.40. The molecule has 1 N–H and O–H groups in total. The predicted molar refractivity (Wildman–Crippen MR) is 118 cm³/mol. The van der Waals surface area contributed by atoms with Gasteiger partial charge in [0.25, 0.3) is 11.7 Å². The lowest BCUT2D eigenvalue weighted by molar-refractivity contribution is -0.132. The van der Waals surface area contributed by atoms with Gasteiger partial charge in [-0.1, -0.05) is 24.3 Å². The molecule has 1 heterocycles. The Morgan fingerprint density at radius 2 is 1.62 bits per heavy atom. The number of aliphatic hydroxyl groups excluding tert-OH is 1. The van der Waals surface area contributed by atoms with E-state index in [4.69, 9.17) is 5.26 Å². The second-order valence-corrected chi connectivity index (χ2v) is 7.68. The van der Waals surface area contributed by atoms with Gasteiger partial charge in [0.2, 0.25) is 0 Å². The van der Waals surface area contributed by atoms with Gasteiger partial charge >= 0.3 is 0 Å². The SMILES string of the molecule is Cc1ccc(/C(O)=C2/C(=O)C(=O)N(c3ccc(C#N)cc3)C2c2ccc(F)cc2)cc1C. The predicted octanol–water partition coefficient (Wildman–Crippen LogP) is 4.94. The molecule has 1 saturated heterocycles. The van der Waals surface area contributed by atoms with Crippen LogP contribution in [0.2, 0.25) is 0 Å². The maximum Gasteiger partial charge on any atom is 0.300 e. The number of halogens is 1. The Balaban J connectivity index is 1.94. The summed E-state index contributed by atoms with van der Waals surface area (Å²) < 4.78 is 13.6. The zero-order valence-corrected chi connectivity index (χ0v) is 17.5. The summed E-state index contributed by atoms with van der Waals surface area (Å²) in [6.07, 6.45) is 0. The summed E-state index contributed by atoms with van der Waals surface area (Å²) in [6, 6.07) is 18.0. The molecule has 0 saturated carbocycles. The van der Waals surface area contributed by atoms with Crippen LogP contribution in [0.25, 0.3) is 5.76 Å². The highest BCUT2D eigenvalue weighted by Crippen LogP contribution is 2.42. The Morgan fingerprint density at radius 1 is 0.969 bits per heavy atom. The van der Waals surface area contributed by atoms with E-state index in [0.717, 1.165) is 11.1 Å². The van der Waals surface area contributed by atoms with E-state index >= 15 is 0 Å². The average Bonchev–Trinajstić information content (AvgIpc) is 3.06. The highest BCUT2D eigenvalue weighted by atomic mass is 19.1. The van der Waals surface area contributed by atoms with Crippen LogP contribution in [0.5, 0.6) is 0 Å². The van der Waals surface area contributed by atoms with Gasteiger partial charge in [-0.15, -0.1) is 0 Å². The van der Waals surface area contributed by atoms with Crippen LogP contribution in [0.1, 0.15) is 33.9 Å². The quantitative estimate of drug-likeness (QED) is 0.365. The van der Waals surface area contributed by atoms with E-state index in [1.54, 1.807) is 36.4 Å². The topological polar surface area (TPSA) is 81.4 Å². The minimum absolute atomic E-state index is 0.0748. The van der Waals surface area contributed by atoms with Crippen LogP contribution in [-0.2, 0) is 9.59 Å². The van der Waals surface area contributed by atoms with Crippen molar-refractivity contribution in [2.24, 2.45) is 0 Å². The van der Waals surface area contributed by atoms with Crippen LogP contribution in [0.15, 0.2) is 72.3 Å². The number of carbonyl (C=O) groups is 2. The van der Waals surface area contributed by atoms with E-state index in [1.165, 1.54) is 29.2 Å². The molecule has 0 aliphatic carbocycles. The smallest absolute Gasteiger partial charge is 0.300 e. The monoisotopic (exact) mass is 426 g/mol. The molecule has 1 aliphatic heterocycles. The number of hydrogen-bond donors (Lipinski definition) is 1. The lowest BCUT2D eigenvalue weighted by Crippen LogP contribution is -2.29. The maximum atomic E-state index is 13.6. The third-order valence-electron chi connectivity index (χ3n) is 5.69. The molecule has 3 aromatic rings. The van der Waals surface area contributed by atoms with Gasteiger partial charge in [-0.2, -0.15) is 5.26 Å². The Hall–Kier alpha value is -4.24. The molecule has 158 valence electrons. The van der Waals surface area contributed by atoms with E-state index in [0.29, 0.717) is 22.4 Å². The molecule has 6 heteroatoms. The molecule has 1 unspecified atom stereocenters. The molecule has 1 atom stereocenters. The molecule has 1 amide bonds. The van der Waals surface area contributed by atoms with Crippen LogP contribution in [0.3, 0.4) is 0 Å². The summed E-state index contributed by atoms with van der Waals surface area (Å²) >= 11 is 0. The molecule has 0 radical (unpaired) electrons. The van der Waals surface area contributed by atoms with Crippen LogP contribution in [0.4, 0.5) is 10.1 Å². The van der Waals surface area contributed by atoms with Crippen LogP contribution < -0.4 is 4.90 Å². The first-order valence-corrected chi connectivity index (χ1v) is 9.96. The van der Waals surface area contributed by atoms with Crippen molar-refractivity contribution in [1.29, 1.82) is 5.26 Å². The second-order valence-electron chi connectivity index (χ2n) is 7.68. The normalized spacial score (nSPS) is 17.4. The van der Waals surface area contributed by atoms with Gasteiger partial charge < -0.3 is 5.11 Å². The molecule has 0 spiro atoms. The average molecular weight is 426 g/mol. The first kappa shape index (κ1) is 21.0. The number of ketones is 1. The molecular weight excluding hydrogens is 407 g/mol. The van der Waals surface area contributed by atoms with E-state index in [1.807, 2.05) is 26.0 Å². The number of amides is 1. The Bertz CT molecular complexity index is 1300. The molecule has 4 rings (SSSR count). The number of hydrogen-bond acceptors (Lipinski definition) is 4. The standard InChI is InChI=1S/C26H19FN2O3/c1-15-3-6-19(13-16(15)2)24(30)22-23(18-7-9-20(27)10-8-18)29(26(32)25(22)31)21-11-4-17(14-28)5-12-21/h3-13,23,30H,1-2H3/b24-22-. The molecule has 32 heavy (non-hydrogen) atoms. The Morgan fingerprint density at radius 3 is 2.22 bits per heavy atom. The fourth-order valence-electron chi connectivity index (χ4n) is 3.80. The van der Waals surface area contributed by atoms with E-state index in [-0.39, 0.29) is 11.3 Å². The van der Waals surface area contributed by atoms with Crippen molar-refractivity contribution < 1.29 is 19.1 Å². The lowest BCUT2D eigenvalue weighted by atomic mass is 9.94. The summed E-state index contributed by atoms with van der Waals surface area (Å²) in [5.41, 5.74) is 3.55. The molecule has 1 fully saturated rings. The van der Waals surface area contributed by atoms with Crippen LogP contribution >= 0.6 is 0 Å². The largest absolute Gasteiger partial charge is 0.507 e. The van der Waals surface area contributed by atoms with E-state index in [2.05, 4.69) is 0 Å². The number of nitriles is 1. The van der Waals surface area contributed by atoms with Crippen molar-refractivity contribution in [2.45, 2.75) is 19.9 Å². The minimum Gasteiger partial charge on any atom is -0.507 e. The number of benzene rings is 3. The van der Waals surface area contributed by atoms with Gasteiger partial charge in [0.15, 0.2) is 0 Å². The highest BCUT2D eigenvalue weighted by Gasteiger charge is 2.47. The fraction of sp³-hybridized carbons (Fsp3) is 0.115. The highest BCUT2D eigenvalue weighted by molar-refractivity contribution is 6.51. The molecular formula is C26H19FN2O3. The third-order valence-corrected chi connectivity index (χ3v) is 5.69. The van der Waals surface area contributed by atoms with E-state index < -0.39 is 23.5 Å². The van der Waals surface area contributed by atoms with Crippen molar-refractivity contribution in [3.05, 3.63) is 106 Å². The van der Waals surface area contributed by atoms with Gasteiger partial charge in [-0.25, -0.2) is 4.39 Å². The van der Waals surface area contributed by atoms with Gasteiger partial charge in [-0.05, 0) is 73.0 Å². The van der Waals surface area contributed by atoms with Crippen molar-refractivity contribution in [2.75, 3.05) is 4.90 Å². The summed E-state index contributed by atoms with van der Waals surface area (Å²) in [6.45, 7) is 3.82. The second kappa shape index (κ2) is 8.12. The molecule has 5 nitrogen and oxygen atoms in total. The van der Waals surface area contributed by atoms with E-state index in [9.17, 15) is 19.1 Å². The van der Waals surface area contributed by atoms with Crippen molar-refractivity contribution in [3.8, 4) is 6.07 Å². The van der Waals surface area contributed by atoms with Gasteiger partial charge in [0.1, 0.15) is 11.6 Å². The number of anilines is 1. The lowest BCUT2D eigenvalue weighted by Gasteiger charge is -2.25. The third kappa shape index (κ3) is 3.54.